The van der Waals surface area contributed by atoms with E-state index in [2.05, 4.69) is 23.9 Å². The molecule has 2 aliphatic rings. The first-order valence-electron chi connectivity index (χ1n) is 5.91. The van der Waals surface area contributed by atoms with Crippen LogP contribution in [-0.2, 0) is 9.47 Å². The van der Waals surface area contributed by atoms with Gasteiger partial charge in [-0.05, 0) is 33.4 Å². The minimum absolute atomic E-state index is 0.344. The van der Waals surface area contributed by atoms with Gasteiger partial charge in [0.15, 0.2) is 0 Å². The van der Waals surface area contributed by atoms with Crippen molar-refractivity contribution in [1.29, 1.82) is 0 Å². The minimum atomic E-state index is 0.344. The molecule has 2 rings (SSSR count). The van der Waals surface area contributed by atoms with E-state index in [1.54, 1.807) is 0 Å². The van der Waals surface area contributed by atoms with Gasteiger partial charge in [0.2, 0.25) is 0 Å². The lowest BCUT2D eigenvalue weighted by molar-refractivity contribution is 0.0158. The molecule has 0 bridgehead atoms. The molecule has 0 aromatic rings. The number of hydrogen-bond acceptors (Lipinski definition) is 4. The third-order valence-corrected chi connectivity index (χ3v) is 3.39. The van der Waals surface area contributed by atoms with Crippen molar-refractivity contribution in [2.45, 2.75) is 31.7 Å². The van der Waals surface area contributed by atoms with Crippen molar-refractivity contribution in [2.24, 2.45) is 0 Å². The van der Waals surface area contributed by atoms with E-state index < -0.39 is 0 Å². The Balaban J connectivity index is 1.62. The highest BCUT2D eigenvalue weighted by Gasteiger charge is 2.24. The van der Waals surface area contributed by atoms with Crippen molar-refractivity contribution in [3.05, 3.63) is 0 Å². The first-order chi connectivity index (χ1) is 7.27. The molecule has 0 amide bonds. The van der Waals surface area contributed by atoms with Crippen LogP contribution in [0.2, 0.25) is 0 Å². The zero-order valence-corrected chi connectivity index (χ0v) is 9.82. The smallest absolute Gasteiger partial charge is 0.110 e. The molecule has 4 heteroatoms. The summed E-state index contributed by atoms with van der Waals surface area (Å²) < 4.78 is 11.3. The van der Waals surface area contributed by atoms with Gasteiger partial charge in [0, 0.05) is 13.1 Å². The Hall–Kier alpha value is -0.160. The van der Waals surface area contributed by atoms with Gasteiger partial charge in [-0.15, -0.1) is 0 Å². The summed E-state index contributed by atoms with van der Waals surface area (Å²) >= 11 is 0. The van der Waals surface area contributed by atoms with Gasteiger partial charge < -0.3 is 9.47 Å². The van der Waals surface area contributed by atoms with Gasteiger partial charge >= 0.3 is 0 Å². The fourth-order valence-electron chi connectivity index (χ4n) is 2.28. The SMILES string of the molecule is CN1CCOC1CCCC1OCCN1C. The van der Waals surface area contributed by atoms with Crippen molar-refractivity contribution < 1.29 is 9.47 Å². The summed E-state index contributed by atoms with van der Waals surface area (Å²) in [5.41, 5.74) is 0. The summed E-state index contributed by atoms with van der Waals surface area (Å²) in [6.07, 6.45) is 4.13. The molecule has 2 heterocycles. The fourth-order valence-corrected chi connectivity index (χ4v) is 2.28. The molecule has 88 valence electrons. The molecule has 0 radical (unpaired) electrons. The Morgan fingerprint density at radius 3 is 1.73 bits per heavy atom. The molecule has 2 saturated heterocycles. The molecule has 0 aliphatic carbocycles. The van der Waals surface area contributed by atoms with Crippen molar-refractivity contribution in [3.8, 4) is 0 Å². The van der Waals surface area contributed by atoms with Gasteiger partial charge in [-0.1, -0.05) is 0 Å². The molecule has 4 nitrogen and oxygen atoms in total. The van der Waals surface area contributed by atoms with E-state index in [9.17, 15) is 0 Å². The lowest BCUT2D eigenvalue weighted by Crippen LogP contribution is -2.28. The summed E-state index contributed by atoms with van der Waals surface area (Å²) in [6, 6.07) is 0. The van der Waals surface area contributed by atoms with Crippen molar-refractivity contribution in [3.63, 3.8) is 0 Å². The largest absolute Gasteiger partial charge is 0.362 e. The van der Waals surface area contributed by atoms with Gasteiger partial charge in [0.1, 0.15) is 12.5 Å². The quantitative estimate of drug-likeness (QED) is 0.689. The first-order valence-corrected chi connectivity index (χ1v) is 5.91. The van der Waals surface area contributed by atoms with E-state index in [0.717, 1.165) is 39.1 Å². The van der Waals surface area contributed by atoms with Crippen LogP contribution in [0.3, 0.4) is 0 Å². The second kappa shape index (κ2) is 5.25. The Bertz CT molecular complexity index is 181. The van der Waals surface area contributed by atoms with Crippen LogP contribution in [-0.4, -0.2) is 62.7 Å². The molecule has 2 atom stereocenters. The molecular weight excluding hydrogens is 192 g/mol. The van der Waals surface area contributed by atoms with Gasteiger partial charge in [0.05, 0.1) is 13.2 Å². The average molecular weight is 214 g/mol. The first kappa shape index (κ1) is 11.3. The van der Waals surface area contributed by atoms with Crippen molar-refractivity contribution >= 4 is 0 Å². The number of likely N-dealkylation sites (N-methyl/N-ethyl adjacent to an activating group) is 2. The molecular formula is C11H22N2O2. The number of hydrogen-bond donors (Lipinski definition) is 0. The molecule has 0 spiro atoms. The van der Waals surface area contributed by atoms with E-state index >= 15 is 0 Å². The van der Waals surface area contributed by atoms with Gasteiger partial charge in [-0.3, -0.25) is 9.80 Å². The highest BCUT2D eigenvalue weighted by atomic mass is 16.5. The van der Waals surface area contributed by atoms with E-state index in [4.69, 9.17) is 9.47 Å². The van der Waals surface area contributed by atoms with Crippen LogP contribution in [0.15, 0.2) is 0 Å². The zero-order valence-electron chi connectivity index (χ0n) is 9.82. The number of ether oxygens (including phenoxy) is 2. The Morgan fingerprint density at radius 2 is 1.40 bits per heavy atom. The summed E-state index contributed by atoms with van der Waals surface area (Å²) in [5, 5.41) is 0. The van der Waals surface area contributed by atoms with E-state index in [-0.39, 0.29) is 0 Å². The molecule has 0 aromatic carbocycles. The topological polar surface area (TPSA) is 24.9 Å². The number of nitrogens with zero attached hydrogens (tertiary/aromatic N) is 2. The Morgan fingerprint density at radius 1 is 0.933 bits per heavy atom. The Kier molecular flexibility index (Phi) is 3.97. The molecule has 15 heavy (non-hydrogen) atoms. The molecule has 0 saturated carbocycles. The van der Waals surface area contributed by atoms with E-state index in [0.29, 0.717) is 12.5 Å². The summed E-state index contributed by atoms with van der Waals surface area (Å²) in [5.74, 6) is 0. The standard InChI is InChI=1S/C11H22N2O2/c1-12-6-8-14-10(12)4-3-5-11-13(2)7-9-15-11/h10-11H,3-9H2,1-2H3. The predicted molar refractivity (Wildman–Crippen MR) is 58.6 cm³/mol. The van der Waals surface area contributed by atoms with E-state index in [1.807, 2.05) is 0 Å². The van der Waals surface area contributed by atoms with Crippen LogP contribution in [0.4, 0.5) is 0 Å². The lowest BCUT2D eigenvalue weighted by Gasteiger charge is -2.21. The Labute approximate surface area is 92.1 Å². The summed E-state index contributed by atoms with van der Waals surface area (Å²) in [4.78, 5) is 4.58. The van der Waals surface area contributed by atoms with Crippen molar-refractivity contribution in [2.75, 3.05) is 40.4 Å². The second-order valence-corrected chi connectivity index (χ2v) is 4.54. The fraction of sp³-hybridized carbons (Fsp3) is 1.00. The molecule has 2 fully saturated rings. The summed E-state index contributed by atoms with van der Waals surface area (Å²) in [7, 11) is 4.27. The molecule has 2 unspecified atom stereocenters. The molecule has 0 N–H and O–H groups in total. The number of rotatable bonds is 4. The maximum atomic E-state index is 5.63. The van der Waals surface area contributed by atoms with Gasteiger partial charge in [-0.25, -0.2) is 0 Å². The average Bonchev–Trinajstić information content (AvgIpc) is 2.78. The highest BCUT2D eigenvalue weighted by Crippen LogP contribution is 2.18. The maximum Gasteiger partial charge on any atom is 0.110 e. The highest BCUT2D eigenvalue weighted by molar-refractivity contribution is 4.69. The lowest BCUT2D eigenvalue weighted by atomic mass is 10.2. The molecule has 0 aromatic heterocycles. The van der Waals surface area contributed by atoms with Crippen LogP contribution in [0.5, 0.6) is 0 Å². The predicted octanol–water partition coefficient (Wildman–Crippen LogP) is 0.733. The van der Waals surface area contributed by atoms with Crippen LogP contribution in [0.1, 0.15) is 19.3 Å². The normalized spacial score (nSPS) is 34.0. The second-order valence-electron chi connectivity index (χ2n) is 4.54. The minimum Gasteiger partial charge on any atom is -0.362 e. The maximum absolute atomic E-state index is 5.63. The van der Waals surface area contributed by atoms with Gasteiger partial charge in [-0.2, -0.15) is 0 Å². The monoisotopic (exact) mass is 214 g/mol. The van der Waals surface area contributed by atoms with Crippen LogP contribution in [0, 0.1) is 0 Å². The third-order valence-electron chi connectivity index (χ3n) is 3.39. The van der Waals surface area contributed by atoms with Crippen LogP contribution < -0.4 is 0 Å². The zero-order chi connectivity index (χ0) is 10.7. The summed E-state index contributed by atoms with van der Waals surface area (Å²) in [6.45, 7) is 3.93. The van der Waals surface area contributed by atoms with Crippen LogP contribution in [0.25, 0.3) is 0 Å². The van der Waals surface area contributed by atoms with Crippen molar-refractivity contribution in [1.82, 2.24) is 9.80 Å². The third kappa shape index (κ3) is 2.91. The molecule has 2 aliphatic heterocycles. The van der Waals surface area contributed by atoms with E-state index in [1.165, 1.54) is 6.42 Å². The van der Waals surface area contributed by atoms with Gasteiger partial charge in [0.25, 0.3) is 0 Å². The van der Waals surface area contributed by atoms with Crippen LogP contribution >= 0.6 is 0 Å².